The van der Waals surface area contributed by atoms with Crippen LogP contribution in [0.5, 0.6) is 0 Å². The molecule has 1 amide bonds. The lowest BCUT2D eigenvalue weighted by Gasteiger charge is -2.12. The smallest absolute Gasteiger partial charge is 0.267 e. The Hall–Kier alpha value is -1.61. The lowest BCUT2D eigenvalue weighted by molar-refractivity contribution is -0.126. The number of carbonyl (C=O) groups is 1. The van der Waals surface area contributed by atoms with Crippen molar-refractivity contribution in [2.75, 3.05) is 7.11 Å². The van der Waals surface area contributed by atoms with Crippen molar-refractivity contribution in [3.63, 3.8) is 0 Å². The van der Waals surface area contributed by atoms with Crippen molar-refractivity contribution in [2.45, 2.75) is 20.8 Å². The fourth-order valence-electron chi connectivity index (χ4n) is 1.60. The Bertz CT molecular complexity index is 405. The molecule has 0 unspecified atom stereocenters. The first kappa shape index (κ1) is 13.5. The third kappa shape index (κ3) is 4.04. The minimum atomic E-state index is -0.239. The SMILES string of the molecule is CONC(=O)/C=C(/c1ccc(C)cc1)C(C)C. The molecule has 17 heavy (non-hydrogen) atoms. The van der Waals surface area contributed by atoms with Gasteiger partial charge in [-0.1, -0.05) is 43.7 Å². The van der Waals surface area contributed by atoms with Gasteiger partial charge in [-0.2, -0.15) is 0 Å². The molecule has 0 bridgehead atoms. The van der Waals surface area contributed by atoms with Crippen LogP contribution in [0.15, 0.2) is 30.3 Å². The predicted octanol–water partition coefficient (Wildman–Crippen LogP) is 2.71. The normalized spacial score (nSPS) is 11.7. The molecule has 0 aliphatic rings. The first-order chi connectivity index (χ1) is 8.04. The first-order valence-corrected chi connectivity index (χ1v) is 5.66. The number of allylic oxidation sites excluding steroid dienone is 1. The van der Waals surface area contributed by atoms with Crippen molar-refractivity contribution in [1.82, 2.24) is 5.48 Å². The molecule has 3 nitrogen and oxygen atoms in total. The van der Waals surface area contributed by atoms with Crippen molar-refractivity contribution in [1.29, 1.82) is 0 Å². The number of hydroxylamine groups is 1. The highest BCUT2D eigenvalue weighted by Gasteiger charge is 2.08. The molecule has 1 rings (SSSR count). The first-order valence-electron chi connectivity index (χ1n) is 5.66. The molecule has 1 aromatic carbocycles. The molecule has 0 atom stereocenters. The van der Waals surface area contributed by atoms with Gasteiger partial charge in [0.25, 0.3) is 5.91 Å². The molecule has 0 saturated carbocycles. The maximum absolute atomic E-state index is 11.5. The van der Waals surface area contributed by atoms with E-state index in [1.807, 2.05) is 31.2 Å². The highest BCUT2D eigenvalue weighted by atomic mass is 16.6. The van der Waals surface area contributed by atoms with E-state index in [2.05, 4.69) is 24.2 Å². The van der Waals surface area contributed by atoms with Crippen LogP contribution in [0.2, 0.25) is 0 Å². The number of nitrogens with one attached hydrogen (secondary N) is 1. The molecular formula is C14H19NO2. The van der Waals surface area contributed by atoms with Gasteiger partial charge in [0.05, 0.1) is 7.11 Å². The number of hydrogen-bond acceptors (Lipinski definition) is 2. The van der Waals surface area contributed by atoms with E-state index in [-0.39, 0.29) is 11.8 Å². The average molecular weight is 233 g/mol. The van der Waals surface area contributed by atoms with Crippen molar-refractivity contribution in [2.24, 2.45) is 5.92 Å². The van der Waals surface area contributed by atoms with Crippen LogP contribution in [-0.4, -0.2) is 13.0 Å². The number of amides is 1. The van der Waals surface area contributed by atoms with Gasteiger partial charge in [0.15, 0.2) is 0 Å². The summed E-state index contributed by atoms with van der Waals surface area (Å²) in [5, 5.41) is 0. The van der Waals surface area contributed by atoms with Crippen molar-refractivity contribution in [3.8, 4) is 0 Å². The second kappa shape index (κ2) is 6.21. The van der Waals surface area contributed by atoms with Gasteiger partial charge in [-0.3, -0.25) is 9.63 Å². The van der Waals surface area contributed by atoms with Gasteiger partial charge in [0.1, 0.15) is 0 Å². The summed E-state index contributed by atoms with van der Waals surface area (Å²) >= 11 is 0. The Balaban J connectivity index is 3.01. The number of carbonyl (C=O) groups excluding carboxylic acids is 1. The number of benzene rings is 1. The second-order valence-electron chi connectivity index (χ2n) is 4.29. The summed E-state index contributed by atoms with van der Waals surface area (Å²) in [5.74, 6) is 0.0390. The van der Waals surface area contributed by atoms with E-state index in [4.69, 9.17) is 0 Å². The summed E-state index contributed by atoms with van der Waals surface area (Å²) in [6.07, 6.45) is 1.58. The van der Waals surface area contributed by atoms with Crippen LogP contribution < -0.4 is 5.48 Å². The Morgan fingerprint density at radius 1 is 1.29 bits per heavy atom. The Morgan fingerprint density at radius 2 is 1.88 bits per heavy atom. The molecule has 0 aliphatic heterocycles. The molecule has 0 aromatic heterocycles. The van der Waals surface area contributed by atoms with Gasteiger partial charge in [-0.15, -0.1) is 0 Å². The summed E-state index contributed by atoms with van der Waals surface area (Å²) in [7, 11) is 1.42. The maximum Gasteiger partial charge on any atom is 0.267 e. The highest BCUT2D eigenvalue weighted by Crippen LogP contribution is 2.23. The van der Waals surface area contributed by atoms with Crippen LogP contribution in [0.3, 0.4) is 0 Å². The van der Waals surface area contributed by atoms with Crippen LogP contribution in [0.1, 0.15) is 25.0 Å². The van der Waals surface area contributed by atoms with Crippen LogP contribution in [0.4, 0.5) is 0 Å². The summed E-state index contributed by atoms with van der Waals surface area (Å²) in [6, 6.07) is 8.14. The van der Waals surface area contributed by atoms with Crippen molar-refractivity contribution >= 4 is 11.5 Å². The number of rotatable bonds is 4. The molecule has 3 heteroatoms. The minimum absolute atomic E-state index is 0.239. The van der Waals surface area contributed by atoms with E-state index in [0.29, 0.717) is 0 Å². The van der Waals surface area contributed by atoms with Crippen molar-refractivity contribution in [3.05, 3.63) is 41.5 Å². The molecule has 0 spiro atoms. The van der Waals surface area contributed by atoms with Gasteiger partial charge in [0.2, 0.25) is 0 Å². The Kier molecular flexibility index (Phi) is 4.91. The largest absolute Gasteiger partial charge is 0.277 e. The molecule has 0 heterocycles. The van der Waals surface area contributed by atoms with Gasteiger partial charge >= 0.3 is 0 Å². The van der Waals surface area contributed by atoms with E-state index in [9.17, 15) is 4.79 Å². The van der Waals surface area contributed by atoms with Gasteiger partial charge < -0.3 is 0 Å². The third-order valence-electron chi connectivity index (χ3n) is 2.50. The van der Waals surface area contributed by atoms with Crippen LogP contribution in [-0.2, 0) is 9.63 Å². The maximum atomic E-state index is 11.5. The molecule has 1 N–H and O–H groups in total. The van der Waals surface area contributed by atoms with Gasteiger partial charge in [-0.05, 0) is 24.0 Å². The molecular weight excluding hydrogens is 214 g/mol. The summed E-state index contributed by atoms with van der Waals surface area (Å²) < 4.78 is 0. The zero-order valence-corrected chi connectivity index (χ0v) is 10.8. The molecule has 0 radical (unpaired) electrons. The molecule has 1 aromatic rings. The zero-order valence-electron chi connectivity index (χ0n) is 10.8. The third-order valence-corrected chi connectivity index (χ3v) is 2.50. The summed E-state index contributed by atoms with van der Waals surface area (Å²) in [5.41, 5.74) is 5.57. The number of aryl methyl sites for hydroxylation is 1. The van der Waals surface area contributed by atoms with Gasteiger partial charge in [0, 0.05) is 6.08 Å². The number of hydrogen-bond donors (Lipinski definition) is 1. The van der Waals surface area contributed by atoms with Crippen LogP contribution in [0, 0.1) is 12.8 Å². The Labute approximate surface area is 102 Å². The molecule has 0 saturated heterocycles. The monoisotopic (exact) mass is 233 g/mol. The average Bonchev–Trinajstić information content (AvgIpc) is 2.27. The van der Waals surface area contributed by atoms with E-state index in [1.165, 1.54) is 12.7 Å². The second-order valence-corrected chi connectivity index (χ2v) is 4.29. The fraction of sp³-hybridized carbons (Fsp3) is 0.357. The van der Waals surface area contributed by atoms with E-state index in [1.54, 1.807) is 6.08 Å². The highest BCUT2D eigenvalue weighted by molar-refractivity contribution is 5.94. The van der Waals surface area contributed by atoms with E-state index in [0.717, 1.165) is 11.1 Å². The topological polar surface area (TPSA) is 38.3 Å². The molecule has 0 aliphatic carbocycles. The standard InChI is InChI=1S/C14H19NO2/c1-10(2)13(9-14(16)15-17-4)12-7-5-11(3)6-8-12/h5-10H,1-4H3,(H,15,16)/b13-9+. The van der Waals surface area contributed by atoms with Crippen molar-refractivity contribution < 1.29 is 9.63 Å². The Morgan fingerprint density at radius 3 is 2.35 bits per heavy atom. The molecule has 0 fully saturated rings. The van der Waals surface area contributed by atoms with Crippen LogP contribution in [0.25, 0.3) is 5.57 Å². The lowest BCUT2D eigenvalue weighted by atomic mass is 9.94. The summed E-state index contributed by atoms with van der Waals surface area (Å²) in [6.45, 7) is 6.16. The quantitative estimate of drug-likeness (QED) is 0.641. The van der Waals surface area contributed by atoms with E-state index < -0.39 is 0 Å². The lowest BCUT2D eigenvalue weighted by Crippen LogP contribution is -2.20. The van der Waals surface area contributed by atoms with E-state index >= 15 is 0 Å². The zero-order chi connectivity index (χ0) is 12.8. The fourth-order valence-corrected chi connectivity index (χ4v) is 1.60. The van der Waals surface area contributed by atoms with Gasteiger partial charge in [-0.25, -0.2) is 5.48 Å². The summed E-state index contributed by atoms with van der Waals surface area (Å²) in [4.78, 5) is 16.1. The predicted molar refractivity (Wildman–Crippen MR) is 69.1 cm³/mol. The minimum Gasteiger partial charge on any atom is -0.277 e. The molecule has 92 valence electrons. The van der Waals surface area contributed by atoms with Crippen LogP contribution >= 0.6 is 0 Å².